The van der Waals surface area contributed by atoms with E-state index in [2.05, 4.69) is 5.32 Å². The number of anilines is 1. The Balaban J connectivity index is 1.79. The van der Waals surface area contributed by atoms with Crippen LogP contribution in [0.1, 0.15) is 5.56 Å². The van der Waals surface area contributed by atoms with Gasteiger partial charge in [0.05, 0.1) is 5.69 Å². The van der Waals surface area contributed by atoms with Gasteiger partial charge in [0.25, 0.3) is 0 Å². The zero-order valence-electron chi connectivity index (χ0n) is 10.6. The van der Waals surface area contributed by atoms with E-state index in [9.17, 15) is 4.39 Å². The molecular weight excluding hydrogens is 243 g/mol. The number of nitrogens with one attached hydrogen (secondary N) is 1. The predicted octanol–water partition coefficient (Wildman–Crippen LogP) is 2.78. The van der Waals surface area contributed by atoms with Crippen molar-refractivity contribution in [1.29, 1.82) is 0 Å². The molecule has 2 aromatic carbocycles. The number of halogens is 1. The Bertz CT molecular complexity index is 531. The summed E-state index contributed by atoms with van der Waals surface area (Å²) in [6, 6.07) is 14.2. The minimum absolute atomic E-state index is 0.257. The van der Waals surface area contributed by atoms with Gasteiger partial charge in [0.1, 0.15) is 18.2 Å². The number of rotatable bonds is 6. The molecule has 3 N–H and O–H groups in total. The number of hydrogen-bond acceptors (Lipinski definition) is 3. The largest absolute Gasteiger partial charge is 0.492 e. The molecule has 0 aliphatic rings. The van der Waals surface area contributed by atoms with Gasteiger partial charge in [-0.1, -0.05) is 24.3 Å². The molecule has 0 amide bonds. The SMILES string of the molecule is NCc1cccc(OCCNc2ccccc2F)c1. The van der Waals surface area contributed by atoms with Gasteiger partial charge in [-0.3, -0.25) is 0 Å². The number of ether oxygens (including phenoxy) is 1. The van der Waals surface area contributed by atoms with Crippen molar-refractivity contribution in [2.24, 2.45) is 5.73 Å². The van der Waals surface area contributed by atoms with Crippen molar-refractivity contribution in [2.75, 3.05) is 18.5 Å². The minimum atomic E-state index is -0.257. The molecule has 0 saturated carbocycles. The Labute approximate surface area is 112 Å². The Morgan fingerprint density at radius 2 is 1.95 bits per heavy atom. The monoisotopic (exact) mass is 260 g/mol. The molecule has 0 radical (unpaired) electrons. The van der Waals surface area contributed by atoms with Crippen LogP contribution in [0.2, 0.25) is 0 Å². The molecule has 4 heteroatoms. The van der Waals surface area contributed by atoms with Crippen LogP contribution in [-0.2, 0) is 6.54 Å². The second kappa shape index (κ2) is 6.75. The van der Waals surface area contributed by atoms with Crippen LogP contribution in [0.15, 0.2) is 48.5 Å². The van der Waals surface area contributed by atoms with Gasteiger partial charge in [-0.25, -0.2) is 4.39 Å². The van der Waals surface area contributed by atoms with Gasteiger partial charge in [-0.15, -0.1) is 0 Å². The van der Waals surface area contributed by atoms with Gasteiger partial charge in [0.15, 0.2) is 0 Å². The van der Waals surface area contributed by atoms with Crippen molar-refractivity contribution in [1.82, 2.24) is 0 Å². The number of hydrogen-bond donors (Lipinski definition) is 2. The van der Waals surface area contributed by atoms with E-state index in [4.69, 9.17) is 10.5 Å². The summed E-state index contributed by atoms with van der Waals surface area (Å²) < 4.78 is 18.9. The van der Waals surface area contributed by atoms with Gasteiger partial charge in [0.2, 0.25) is 0 Å². The molecule has 2 rings (SSSR count). The molecular formula is C15H17FN2O. The van der Waals surface area contributed by atoms with Crippen LogP contribution >= 0.6 is 0 Å². The highest BCUT2D eigenvalue weighted by Gasteiger charge is 1.99. The van der Waals surface area contributed by atoms with E-state index in [0.717, 1.165) is 11.3 Å². The first-order valence-electron chi connectivity index (χ1n) is 6.20. The maximum Gasteiger partial charge on any atom is 0.146 e. The van der Waals surface area contributed by atoms with Crippen LogP contribution in [0.25, 0.3) is 0 Å². The fourth-order valence-electron chi connectivity index (χ4n) is 1.72. The lowest BCUT2D eigenvalue weighted by molar-refractivity contribution is 0.332. The summed E-state index contributed by atoms with van der Waals surface area (Å²) in [4.78, 5) is 0. The van der Waals surface area contributed by atoms with Crippen LogP contribution < -0.4 is 15.8 Å². The zero-order valence-corrected chi connectivity index (χ0v) is 10.6. The van der Waals surface area contributed by atoms with Crippen molar-refractivity contribution in [3.05, 3.63) is 59.9 Å². The maximum absolute atomic E-state index is 13.3. The smallest absolute Gasteiger partial charge is 0.146 e. The van der Waals surface area contributed by atoms with Crippen molar-refractivity contribution >= 4 is 5.69 Å². The molecule has 0 heterocycles. The summed E-state index contributed by atoms with van der Waals surface area (Å²) >= 11 is 0. The third-order valence-corrected chi connectivity index (χ3v) is 2.69. The standard InChI is InChI=1S/C15H17FN2O/c16-14-6-1-2-7-15(14)18-8-9-19-13-5-3-4-12(10-13)11-17/h1-7,10,18H,8-9,11,17H2. The molecule has 0 spiro atoms. The van der Waals surface area contributed by atoms with Crippen LogP contribution in [0.5, 0.6) is 5.75 Å². The molecule has 0 aromatic heterocycles. The van der Waals surface area contributed by atoms with Gasteiger partial charge in [0, 0.05) is 13.1 Å². The first kappa shape index (κ1) is 13.4. The highest BCUT2D eigenvalue weighted by molar-refractivity contribution is 5.44. The molecule has 0 atom stereocenters. The van der Waals surface area contributed by atoms with E-state index in [1.54, 1.807) is 18.2 Å². The first-order chi connectivity index (χ1) is 9.29. The van der Waals surface area contributed by atoms with E-state index >= 15 is 0 Å². The third kappa shape index (κ3) is 3.96. The van der Waals surface area contributed by atoms with E-state index in [1.165, 1.54) is 6.07 Å². The summed E-state index contributed by atoms with van der Waals surface area (Å²) in [7, 11) is 0. The lowest BCUT2D eigenvalue weighted by atomic mass is 10.2. The van der Waals surface area contributed by atoms with Gasteiger partial charge >= 0.3 is 0 Å². The van der Waals surface area contributed by atoms with Gasteiger partial charge in [-0.05, 0) is 29.8 Å². The van der Waals surface area contributed by atoms with Crippen molar-refractivity contribution in [2.45, 2.75) is 6.54 Å². The molecule has 0 aliphatic carbocycles. The summed E-state index contributed by atoms with van der Waals surface area (Å²) in [6.07, 6.45) is 0. The quantitative estimate of drug-likeness (QED) is 0.785. The Kier molecular flexibility index (Phi) is 4.75. The third-order valence-electron chi connectivity index (χ3n) is 2.69. The lowest BCUT2D eigenvalue weighted by Gasteiger charge is -2.09. The summed E-state index contributed by atoms with van der Waals surface area (Å²) in [5.74, 6) is 0.519. The highest BCUT2D eigenvalue weighted by atomic mass is 19.1. The Morgan fingerprint density at radius 1 is 1.11 bits per heavy atom. The van der Waals surface area contributed by atoms with Crippen molar-refractivity contribution in [3.63, 3.8) is 0 Å². The van der Waals surface area contributed by atoms with E-state index in [0.29, 0.717) is 25.4 Å². The van der Waals surface area contributed by atoms with Crippen LogP contribution in [0.4, 0.5) is 10.1 Å². The summed E-state index contributed by atoms with van der Waals surface area (Å²) in [6.45, 7) is 1.49. The molecule has 0 unspecified atom stereocenters. The highest BCUT2D eigenvalue weighted by Crippen LogP contribution is 2.14. The second-order valence-corrected chi connectivity index (χ2v) is 4.11. The molecule has 0 bridgehead atoms. The van der Waals surface area contributed by atoms with Crippen LogP contribution in [0, 0.1) is 5.82 Å². The molecule has 0 fully saturated rings. The fourth-order valence-corrected chi connectivity index (χ4v) is 1.72. The van der Waals surface area contributed by atoms with Crippen molar-refractivity contribution in [3.8, 4) is 5.75 Å². The first-order valence-corrected chi connectivity index (χ1v) is 6.20. The lowest BCUT2D eigenvalue weighted by Crippen LogP contribution is -2.12. The van der Waals surface area contributed by atoms with Crippen molar-refractivity contribution < 1.29 is 9.13 Å². The van der Waals surface area contributed by atoms with Gasteiger partial charge in [-0.2, -0.15) is 0 Å². The molecule has 3 nitrogen and oxygen atoms in total. The molecule has 19 heavy (non-hydrogen) atoms. The van der Waals surface area contributed by atoms with Crippen LogP contribution in [-0.4, -0.2) is 13.2 Å². The Hall–Kier alpha value is -2.07. The minimum Gasteiger partial charge on any atom is -0.492 e. The molecule has 2 aromatic rings. The molecule has 0 aliphatic heterocycles. The number of para-hydroxylation sites is 1. The topological polar surface area (TPSA) is 47.3 Å². The van der Waals surface area contributed by atoms with E-state index < -0.39 is 0 Å². The van der Waals surface area contributed by atoms with E-state index in [-0.39, 0.29) is 5.82 Å². The normalized spacial score (nSPS) is 10.2. The average molecular weight is 260 g/mol. The summed E-state index contributed by atoms with van der Waals surface area (Å²) in [5.41, 5.74) is 7.07. The van der Waals surface area contributed by atoms with Gasteiger partial charge < -0.3 is 15.8 Å². The average Bonchev–Trinajstić information content (AvgIpc) is 2.45. The zero-order chi connectivity index (χ0) is 13.5. The fraction of sp³-hybridized carbons (Fsp3) is 0.200. The Morgan fingerprint density at radius 3 is 2.74 bits per heavy atom. The predicted molar refractivity (Wildman–Crippen MR) is 74.7 cm³/mol. The second-order valence-electron chi connectivity index (χ2n) is 4.11. The van der Waals surface area contributed by atoms with Crippen LogP contribution in [0.3, 0.4) is 0 Å². The summed E-state index contributed by atoms with van der Waals surface area (Å²) in [5, 5.41) is 2.99. The number of nitrogens with two attached hydrogens (primary N) is 1. The number of benzene rings is 2. The van der Waals surface area contributed by atoms with E-state index in [1.807, 2.05) is 24.3 Å². The molecule has 0 saturated heterocycles. The maximum atomic E-state index is 13.3. The molecule has 100 valence electrons.